The van der Waals surface area contributed by atoms with Crippen molar-refractivity contribution in [2.24, 2.45) is 20.0 Å². The second-order valence-corrected chi connectivity index (χ2v) is 8.80. The molecule has 39 heavy (non-hydrogen) atoms. The maximum atomic E-state index is 12.2. The summed E-state index contributed by atoms with van der Waals surface area (Å²) in [7, 11) is 0. The number of benzene rings is 1. The molecule has 3 N–H and O–H groups in total. The Morgan fingerprint density at radius 1 is 0.513 bits per heavy atom. The molecule has 5 aliphatic heterocycles. The molecule has 6 rings (SSSR count). The molecule has 0 saturated heterocycles. The highest BCUT2D eigenvalue weighted by molar-refractivity contribution is 6.35. The van der Waals surface area contributed by atoms with Crippen LogP contribution in [0.4, 0.5) is 0 Å². The maximum absolute atomic E-state index is 12.2. The number of rotatable bonds is 4. The maximum Gasteiger partial charge on any atom is 0.336 e. The van der Waals surface area contributed by atoms with Gasteiger partial charge in [0.2, 0.25) is 0 Å². The fraction of sp³-hybridized carbons (Fsp3) is 0. The van der Waals surface area contributed by atoms with Crippen LogP contribution >= 0.6 is 0 Å². The van der Waals surface area contributed by atoms with Crippen LogP contribution in [-0.2, 0) is 0 Å². The van der Waals surface area contributed by atoms with Crippen molar-refractivity contribution in [3.63, 3.8) is 0 Å². The predicted molar refractivity (Wildman–Crippen MR) is 145 cm³/mol. The number of carboxylic acids is 3. The Hall–Kier alpha value is -5.77. The van der Waals surface area contributed by atoms with Crippen molar-refractivity contribution in [3.8, 4) is 0 Å². The van der Waals surface area contributed by atoms with Gasteiger partial charge >= 0.3 is 17.9 Å². The van der Waals surface area contributed by atoms with Gasteiger partial charge < -0.3 is 15.3 Å². The van der Waals surface area contributed by atoms with Crippen LogP contribution in [-0.4, -0.2) is 56.1 Å². The van der Waals surface area contributed by atoms with Crippen molar-refractivity contribution < 1.29 is 29.7 Å². The van der Waals surface area contributed by atoms with Crippen molar-refractivity contribution in [1.29, 1.82) is 0 Å². The zero-order chi connectivity index (χ0) is 27.3. The van der Waals surface area contributed by atoms with E-state index >= 15 is 0 Å². The lowest BCUT2D eigenvalue weighted by atomic mass is 9.89. The molecule has 1 aromatic carbocycles. The average molecular weight is 516 g/mol. The largest absolute Gasteiger partial charge is 0.478 e. The molecule has 0 spiro atoms. The van der Waals surface area contributed by atoms with E-state index in [1.54, 1.807) is 42.5 Å². The summed E-state index contributed by atoms with van der Waals surface area (Å²) in [6, 6.07) is 1.88. The molecule has 0 fully saturated rings. The van der Waals surface area contributed by atoms with Crippen LogP contribution in [0.1, 0.15) is 36.6 Å². The second-order valence-electron chi connectivity index (χ2n) is 8.80. The minimum absolute atomic E-state index is 0.160. The number of carboxylic acid groups (broad SMARTS) is 3. The molecule has 188 valence electrons. The van der Waals surface area contributed by atoms with Crippen molar-refractivity contribution in [1.82, 2.24) is 0 Å². The first-order valence-electron chi connectivity index (χ1n) is 11.6. The summed E-state index contributed by atoms with van der Waals surface area (Å²) < 4.78 is 0. The van der Waals surface area contributed by atoms with E-state index in [1.165, 1.54) is 0 Å². The first-order chi connectivity index (χ1) is 18.7. The normalized spacial score (nSPS) is 18.4. The second kappa shape index (κ2) is 8.96. The minimum Gasteiger partial charge on any atom is -0.478 e. The number of hydrogen-bond acceptors (Lipinski definition) is 7. The summed E-state index contributed by atoms with van der Waals surface area (Å²) >= 11 is 0. The highest BCUT2D eigenvalue weighted by Gasteiger charge is 2.29. The van der Waals surface area contributed by atoms with Crippen LogP contribution in [0.25, 0.3) is 5.57 Å². The van der Waals surface area contributed by atoms with E-state index in [9.17, 15) is 29.7 Å². The molecule has 0 unspecified atom stereocenters. The molecule has 0 aliphatic carbocycles. The van der Waals surface area contributed by atoms with E-state index in [1.807, 2.05) is 24.3 Å². The molecular formula is C29H16N4O6. The fourth-order valence-corrected chi connectivity index (χ4v) is 4.49. The molecule has 5 aliphatic rings. The average Bonchev–Trinajstić information content (AvgIpc) is 3.68. The number of nitrogens with zero attached hydrogens (tertiary/aromatic N) is 4. The third kappa shape index (κ3) is 4.46. The molecule has 5 heterocycles. The summed E-state index contributed by atoms with van der Waals surface area (Å²) in [5.41, 5.74) is 3.13. The molecule has 0 aromatic heterocycles. The lowest BCUT2D eigenvalue weighted by Gasteiger charge is -2.13. The molecule has 10 heteroatoms. The first-order valence-corrected chi connectivity index (χ1v) is 11.6. The Balaban J connectivity index is 1.58. The monoisotopic (exact) mass is 516 g/mol. The van der Waals surface area contributed by atoms with E-state index in [-0.39, 0.29) is 16.8 Å². The molecule has 10 nitrogen and oxygen atoms in total. The summed E-state index contributed by atoms with van der Waals surface area (Å²) in [5.74, 6) is -4.40. The molecule has 1 aromatic rings. The third-order valence-electron chi connectivity index (χ3n) is 6.15. The SMILES string of the molecule is O=C(O)c1cc(C(=O)O)c(C2=CC3=CC4=NC(=CC5=NC(=CC6=NC(=CC2=N3)C=C6)C=C5)C=C4)c(C(=O)O)c1. The van der Waals surface area contributed by atoms with Crippen molar-refractivity contribution in [3.05, 3.63) is 124 Å². The third-order valence-corrected chi connectivity index (χ3v) is 6.15. The van der Waals surface area contributed by atoms with Crippen molar-refractivity contribution in [2.75, 3.05) is 0 Å². The molecule has 0 radical (unpaired) electrons. The quantitative estimate of drug-likeness (QED) is 0.543. The Morgan fingerprint density at radius 2 is 0.974 bits per heavy atom. The number of aliphatic imine (C=N–C) groups is 4. The van der Waals surface area contributed by atoms with Gasteiger partial charge in [-0.1, -0.05) is 0 Å². The number of aromatic carboxylic acids is 3. The van der Waals surface area contributed by atoms with Crippen LogP contribution in [0.3, 0.4) is 0 Å². The van der Waals surface area contributed by atoms with Crippen LogP contribution < -0.4 is 0 Å². The minimum atomic E-state index is -1.48. The molecule has 0 saturated carbocycles. The van der Waals surface area contributed by atoms with E-state index in [0.717, 1.165) is 17.8 Å². The lowest BCUT2D eigenvalue weighted by Crippen LogP contribution is -2.14. The van der Waals surface area contributed by atoms with Crippen molar-refractivity contribution in [2.45, 2.75) is 0 Å². The molecular weight excluding hydrogens is 500 g/mol. The fourth-order valence-electron chi connectivity index (χ4n) is 4.49. The zero-order valence-electron chi connectivity index (χ0n) is 19.9. The summed E-state index contributed by atoms with van der Waals surface area (Å²) in [6.45, 7) is 0. The standard InChI is InChI=1S/C29H16N4O6/c34-27(35)14-7-23(28(36)37)26(24(8-14)29(38)39)22-12-21-11-19-4-3-17(31-19)9-15-1-2-16(30-15)10-18-5-6-20(32-18)13-25(22)33-21/h1-13H,(H,34,35)(H,36,37)(H,38,39). The lowest BCUT2D eigenvalue weighted by molar-refractivity contribution is 0.0695. The van der Waals surface area contributed by atoms with E-state index < -0.39 is 34.6 Å². The van der Waals surface area contributed by atoms with Crippen LogP contribution in [0.2, 0.25) is 0 Å². The van der Waals surface area contributed by atoms with Crippen molar-refractivity contribution >= 4 is 46.3 Å². The van der Waals surface area contributed by atoms with Crippen LogP contribution in [0.15, 0.2) is 122 Å². The summed E-state index contributed by atoms with van der Waals surface area (Å²) in [5, 5.41) is 29.3. The number of hydrogen-bond donors (Lipinski definition) is 3. The molecule has 0 atom stereocenters. The Morgan fingerprint density at radius 3 is 1.44 bits per heavy atom. The van der Waals surface area contributed by atoms with Gasteiger partial charge in [-0.2, -0.15) is 0 Å². The molecule has 0 amide bonds. The van der Waals surface area contributed by atoms with Gasteiger partial charge in [-0.3, -0.25) is 0 Å². The van der Waals surface area contributed by atoms with E-state index in [2.05, 4.69) is 20.0 Å². The van der Waals surface area contributed by atoms with Crippen LogP contribution in [0.5, 0.6) is 0 Å². The van der Waals surface area contributed by atoms with Gasteiger partial charge in [0.1, 0.15) is 0 Å². The van der Waals surface area contributed by atoms with Gasteiger partial charge in [0.25, 0.3) is 0 Å². The predicted octanol–water partition coefficient (Wildman–Crippen LogP) is 4.20. The topological polar surface area (TPSA) is 161 Å². The van der Waals surface area contributed by atoms with Crippen LogP contribution in [0, 0.1) is 0 Å². The number of carbonyl (C=O) groups is 3. The van der Waals surface area contributed by atoms with Gasteiger partial charge in [-0.25, -0.2) is 34.4 Å². The number of fused-ring (bicyclic) bond motifs is 4. The van der Waals surface area contributed by atoms with Gasteiger partial charge in [0, 0.05) is 11.1 Å². The zero-order valence-corrected chi connectivity index (χ0v) is 19.9. The van der Waals surface area contributed by atoms with Gasteiger partial charge in [0.15, 0.2) is 0 Å². The summed E-state index contributed by atoms with van der Waals surface area (Å²) in [4.78, 5) is 54.4. The van der Waals surface area contributed by atoms with Gasteiger partial charge in [-0.15, -0.1) is 0 Å². The highest BCUT2D eigenvalue weighted by Crippen LogP contribution is 2.34. The molecule has 8 bridgehead atoms. The smallest absolute Gasteiger partial charge is 0.336 e. The Kier molecular flexibility index (Phi) is 5.43. The highest BCUT2D eigenvalue weighted by atomic mass is 16.4. The number of allylic oxidation sites excluding steroid dienone is 12. The van der Waals surface area contributed by atoms with Gasteiger partial charge in [-0.05, 0) is 79.0 Å². The Bertz CT molecular complexity index is 1780. The summed E-state index contributed by atoms with van der Waals surface area (Å²) in [6.07, 6.45) is 19.4. The van der Waals surface area contributed by atoms with E-state index in [0.29, 0.717) is 34.2 Å². The van der Waals surface area contributed by atoms with E-state index in [4.69, 9.17) is 0 Å². The Labute approximate surface area is 220 Å². The first kappa shape index (κ1) is 23.6. The van der Waals surface area contributed by atoms with Gasteiger partial charge in [0.05, 0.1) is 62.3 Å².